The molecule has 30 heavy (non-hydrogen) atoms. The first-order chi connectivity index (χ1) is 14.0. The zero-order valence-electron chi connectivity index (χ0n) is 14.9. The van der Waals surface area contributed by atoms with Crippen molar-refractivity contribution < 1.29 is 52.3 Å². The molecule has 0 fully saturated rings. The number of hydrogen-bond donors (Lipinski definition) is 0. The summed E-state index contributed by atoms with van der Waals surface area (Å²) < 4.78 is 69.5. The molecule has 6 nitrogen and oxygen atoms in total. The van der Waals surface area contributed by atoms with Crippen LogP contribution in [0.1, 0.15) is 5.56 Å². The van der Waals surface area contributed by atoms with Gasteiger partial charge in [-0.1, -0.05) is 18.2 Å². The van der Waals surface area contributed by atoms with Gasteiger partial charge >= 0.3 is 27.4 Å². The largest absolute Gasteiger partial charge is 0.744 e. The molecule has 158 valence electrons. The maximum atomic E-state index is 12.0. The third-order valence-electron chi connectivity index (χ3n) is 3.46. The average molecular weight is 551 g/mol. The minimum atomic E-state index is -4.68. The van der Waals surface area contributed by atoms with Gasteiger partial charge in [-0.3, -0.25) is 10.1 Å². The minimum absolute atomic E-state index is 0.154. The van der Waals surface area contributed by atoms with Gasteiger partial charge in [-0.05, 0) is 48.5 Å². The summed E-state index contributed by atoms with van der Waals surface area (Å²) in [5.74, 6) is 0. The van der Waals surface area contributed by atoms with E-state index in [0.717, 1.165) is 0 Å². The number of nitro benzene ring substituents is 1. The van der Waals surface area contributed by atoms with E-state index in [1.807, 2.05) is 30.3 Å². The fraction of sp³-hybridized carbons (Fsp3) is 0.0526. The molecule has 0 aliphatic heterocycles. The first-order valence-electron chi connectivity index (χ1n) is 8.04. The lowest BCUT2D eigenvalue weighted by Crippen LogP contribution is -3.61. The van der Waals surface area contributed by atoms with Crippen LogP contribution in [0, 0.1) is 17.3 Å². The summed E-state index contributed by atoms with van der Waals surface area (Å²) in [5, 5.41) is 10.5. The minimum Gasteiger partial charge on any atom is -0.744 e. The number of alkyl halides is 3. The quantitative estimate of drug-likeness (QED) is 0.211. The number of benzene rings is 3. The van der Waals surface area contributed by atoms with Gasteiger partial charge in [0.25, 0.3) is 5.69 Å². The molecule has 3 aromatic carbocycles. The molecule has 0 aromatic heterocycles. The highest BCUT2D eigenvalue weighted by Gasteiger charge is 2.30. The van der Waals surface area contributed by atoms with Crippen LogP contribution in [0.5, 0.6) is 0 Å². The Balaban J connectivity index is 0.000000216. The van der Waals surface area contributed by atoms with Gasteiger partial charge in [0.15, 0.2) is 7.14 Å². The Morgan fingerprint density at radius 2 is 1.30 bits per heavy atom. The van der Waals surface area contributed by atoms with Crippen molar-refractivity contribution in [3.05, 3.63) is 102 Å². The van der Waals surface area contributed by atoms with Gasteiger partial charge in [-0.25, -0.2) is 8.42 Å². The van der Waals surface area contributed by atoms with E-state index in [1.54, 1.807) is 12.1 Å². The van der Waals surface area contributed by atoms with Crippen LogP contribution in [-0.4, -0.2) is 17.9 Å². The van der Waals surface area contributed by atoms with Crippen molar-refractivity contribution in [1.82, 2.24) is 0 Å². The predicted octanol–water partition coefficient (Wildman–Crippen LogP) is 1.33. The third-order valence-corrected chi connectivity index (χ3v) is 6.99. The molecular weight excluding hydrogens is 538 g/mol. The van der Waals surface area contributed by atoms with Crippen LogP contribution in [0.3, 0.4) is 0 Å². The second-order valence-corrected chi connectivity index (χ2v) is 10.0. The topological polar surface area (TPSA) is 100 Å². The smallest absolute Gasteiger partial charge is 0.416 e. The lowest BCUT2D eigenvalue weighted by molar-refractivity contribution is -0.597. The molecule has 3 rings (SSSR count). The van der Waals surface area contributed by atoms with Crippen LogP contribution in [-0.2, 0) is 16.3 Å². The molecule has 0 N–H and O–H groups in total. The number of nitro groups is 1. The van der Waals surface area contributed by atoms with Crippen LogP contribution in [0.15, 0.2) is 83.8 Å². The lowest BCUT2D eigenvalue weighted by atomic mass is 10.2. The molecule has 3 aromatic rings. The van der Waals surface area contributed by atoms with Crippen molar-refractivity contribution in [3.8, 4) is 0 Å². The van der Waals surface area contributed by atoms with Gasteiger partial charge in [-0.2, -0.15) is 13.2 Å². The zero-order chi connectivity index (χ0) is 22.4. The Morgan fingerprint density at radius 1 is 0.800 bits per heavy atom. The van der Waals surface area contributed by atoms with Crippen molar-refractivity contribution in [2.24, 2.45) is 0 Å². The summed E-state index contributed by atoms with van der Waals surface area (Å²) >= 11 is -0.227. The Hall–Kier alpha value is -2.51. The number of nitrogens with zero attached hydrogens (tertiary/aromatic N) is 1. The molecule has 0 unspecified atom stereocenters. The van der Waals surface area contributed by atoms with E-state index in [2.05, 4.69) is 12.1 Å². The third kappa shape index (κ3) is 7.39. The lowest BCUT2D eigenvalue weighted by Gasteiger charge is -2.09. The number of rotatable bonds is 4. The van der Waals surface area contributed by atoms with Gasteiger partial charge < -0.3 is 4.55 Å². The summed E-state index contributed by atoms with van der Waals surface area (Å²) in [6.07, 6.45) is -4.54. The first kappa shape index (κ1) is 23.8. The molecule has 0 radical (unpaired) electrons. The van der Waals surface area contributed by atoms with E-state index in [9.17, 15) is 36.3 Å². The Labute approximate surface area is 180 Å². The van der Waals surface area contributed by atoms with Crippen molar-refractivity contribution >= 4 is 15.8 Å². The SMILES string of the molecule is O=S(=O)([O-])c1ccc(C(F)(F)F)cc1.O=[N+]([O-])c1ccc([I+]c2ccccc2)cc1. The standard InChI is InChI=1S/C12H9INO2.C7H5F3O3S/c15-14(16)12-8-6-11(7-9-12)13-10-4-2-1-3-5-10;8-7(9,10)5-1-3-6(4-2-5)14(11,12)13/h1-9H;1-4H,(H,11,12,13)/q+1;/p-1. The van der Waals surface area contributed by atoms with E-state index in [4.69, 9.17) is 0 Å². The molecule has 0 bridgehead atoms. The van der Waals surface area contributed by atoms with Crippen molar-refractivity contribution in [2.45, 2.75) is 11.1 Å². The number of halogens is 4. The molecule has 11 heteroatoms. The van der Waals surface area contributed by atoms with Crippen LogP contribution in [0.25, 0.3) is 0 Å². The number of non-ortho nitro benzene ring substituents is 1. The highest BCUT2D eigenvalue weighted by Crippen LogP contribution is 2.29. The average Bonchev–Trinajstić information content (AvgIpc) is 2.68. The van der Waals surface area contributed by atoms with Crippen molar-refractivity contribution in [2.75, 3.05) is 0 Å². The molecule has 0 saturated heterocycles. The van der Waals surface area contributed by atoms with E-state index in [1.165, 1.54) is 7.14 Å². The highest BCUT2D eigenvalue weighted by molar-refractivity contribution is 7.85. The molecule has 0 aliphatic rings. The maximum absolute atomic E-state index is 12.0. The predicted molar refractivity (Wildman–Crippen MR) is 96.3 cm³/mol. The van der Waals surface area contributed by atoms with E-state index in [-0.39, 0.29) is 31.8 Å². The van der Waals surface area contributed by atoms with E-state index < -0.39 is 26.8 Å². The monoisotopic (exact) mass is 551 g/mol. The molecule has 0 aliphatic carbocycles. The van der Waals surface area contributed by atoms with E-state index >= 15 is 0 Å². The maximum Gasteiger partial charge on any atom is 0.416 e. The van der Waals surface area contributed by atoms with Gasteiger partial charge in [0.05, 0.1) is 15.4 Å². The highest BCUT2D eigenvalue weighted by atomic mass is 127. The summed E-state index contributed by atoms with van der Waals surface area (Å²) in [6, 6.07) is 19.4. The van der Waals surface area contributed by atoms with Crippen LogP contribution < -0.4 is 21.2 Å². The van der Waals surface area contributed by atoms with Gasteiger partial charge in [0, 0.05) is 12.1 Å². The summed E-state index contributed by atoms with van der Waals surface area (Å²) in [5.41, 5.74) is -0.842. The van der Waals surface area contributed by atoms with Crippen LogP contribution in [0.2, 0.25) is 0 Å². The van der Waals surface area contributed by atoms with Gasteiger partial charge in [0.2, 0.25) is 0 Å². The molecule has 0 saturated carbocycles. The Bertz CT molecular complexity index is 1090. The van der Waals surface area contributed by atoms with Crippen LogP contribution >= 0.6 is 0 Å². The summed E-state index contributed by atoms with van der Waals surface area (Å²) in [4.78, 5) is 9.44. The fourth-order valence-electron chi connectivity index (χ4n) is 2.04. The van der Waals surface area contributed by atoms with Crippen molar-refractivity contribution in [1.29, 1.82) is 0 Å². The second kappa shape index (κ2) is 10.00. The molecule has 0 amide bonds. The van der Waals surface area contributed by atoms with Gasteiger partial charge in [-0.15, -0.1) is 0 Å². The second-order valence-electron chi connectivity index (χ2n) is 5.60. The fourth-order valence-corrected chi connectivity index (χ4v) is 4.72. The zero-order valence-corrected chi connectivity index (χ0v) is 17.9. The normalized spacial score (nSPS) is 11.3. The van der Waals surface area contributed by atoms with E-state index in [0.29, 0.717) is 24.3 Å². The molecule has 0 heterocycles. The Morgan fingerprint density at radius 3 is 1.73 bits per heavy atom. The van der Waals surface area contributed by atoms with Gasteiger partial charge in [0.1, 0.15) is 10.1 Å². The van der Waals surface area contributed by atoms with Crippen molar-refractivity contribution in [3.63, 3.8) is 0 Å². The van der Waals surface area contributed by atoms with Crippen LogP contribution in [0.4, 0.5) is 18.9 Å². The summed E-state index contributed by atoms with van der Waals surface area (Å²) in [7, 11) is -4.68. The molecule has 0 atom stereocenters. The Kier molecular flexibility index (Phi) is 7.92. The number of hydrogen-bond acceptors (Lipinski definition) is 5. The summed E-state index contributed by atoms with van der Waals surface area (Å²) in [6.45, 7) is 0. The molecular formula is C19H13F3INO5S. The molecule has 0 spiro atoms. The first-order valence-corrected chi connectivity index (χ1v) is 11.6.